The zero-order valence-corrected chi connectivity index (χ0v) is 11.8. The molecule has 23 heavy (non-hydrogen) atoms. The quantitative estimate of drug-likeness (QED) is 0.527. The van der Waals surface area contributed by atoms with E-state index in [1.807, 2.05) is 0 Å². The standard InChI is InChI=1S/C14H11F3N4O2/c1-9-3-2-4-11(19-9)8-18-20-12-6-5-10(14(15,16)17)7-13(12)21(22)23/h2-8,20H,1H3. The second-order valence-electron chi connectivity index (χ2n) is 4.56. The van der Waals surface area contributed by atoms with Crippen LogP contribution in [0.15, 0.2) is 41.5 Å². The molecule has 0 unspecified atom stereocenters. The molecule has 1 N–H and O–H groups in total. The van der Waals surface area contributed by atoms with Gasteiger partial charge in [-0.3, -0.25) is 20.5 Å². The van der Waals surface area contributed by atoms with Crippen LogP contribution in [0.4, 0.5) is 24.5 Å². The summed E-state index contributed by atoms with van der Waals surface area (Å²) < 4.78 is 37.8. The van der Waals surface area contributed by atoms with E-state index in [1.54, 1.807) is 25.1 Å². The molecule has 0 amide bonds. The lowest BCUT2D eigenvalue weighted by molar-refractivity contribution is -0.384. The number of pyridine rings is 1. The summed E-state index contributed by atoms with van der Waals surface area (Å²) in [5.74, 6) is 0. The van der Waals surface area contributed by atoms with Crippen LogP contribution in [0.3, 0.4) is 0 Å². The normalized spacial score (nSPS) is 11.7. The molecule has 6 nitrogen and oxygen atoms in total. The molecule has 2 aromatic rings. The minimum atomic E-state index is -4.65. The number of hydrazone groups is 1. The third-order valence-corrected chi connectivity index (χ3v) is 2.81. The molecule has 0 saturated heterocycles. The molecule has 1 aromatic heterocycles. The van der Waals surface area contributed by atoms with Gasteiger partial charge in [0.05, 0.1) is 22.4 Å². The summed E-state index contributed by atoms with van der Waals surface area (Å²) >= 11 is 0. The Hall–Kier alpha value is -2.97. The molecule has 0 spiro atoms. The Morgan fingerprint density at radius 3 is 2.65 bits per heavy atom. The van der Waals surface area contributed by atoms with E-state index in [0.717, 1.165) is 17.8 Å². The van der Waals surface area contributed by atoms with Gasteiger partial charge in [0.2, 0.25) is 0 Å². The van der Waals surface area contributed by atoms with Crippen LogP contribution in [-0.4, -0.2) is 16.1 Å². The third-order valence-electron chi connectivity index (χ3n) is 2.81. The number of aromatic nitrogens is 1. The van der Waals surface area contributed by atoms with Crippen LogP contribution >= 0.6 is 0 Å². The number of anilines is 1. The zero-order valence-electron chi connectivity index (χ0n) is 11.8. The first-order valence-corrected chi connectivity index (χ1v) is 6.36. The van der Waals surface area contributed by atoms with Gasteiger partial charge in [-0.1, -0.05) is 6.07 Å². The van der Waals surface area contributed by atoms with Crippen LogP contribution in [0.1, 0.15) is 17.0 Å². The molecule has 0 saturated carbocycles. The van der Waals surface area contributed by atoms with Crippen LogP contribution in [0, 0.1) is 17.0 Å². The SMILES string of the molecule is Cc1cccc(C=NNc2ccc(C(F)(F)F)cc2[N+](=O)[O-])n1. The first-order valence-electron chi connectivity index (χ1n) is 6.36. The first kappa shape index (κ1) is 16.4. The van der Waals surface area contributed by atoms with Gasteiger partial charge in [0.25, 0.3) is 5.69 Å². The van der Waals surface area contributed by atoms with E-state index >= 15 is 0 Å². The molecular weight excluding hydrogens is 313 g/mol. The van der Waals surface area contributed by atoms with Crippen molar-refractivity contribution in [1.29, 1.82) is 0 Å². The largest absolute Gasteiger partial charge is 0.416 e. The molecule has 2 rings (SSSR count). The Morgan fingerprint density at radius 2 is 2.04 bits per heavy atom. The number of nitrogens with zero attached hydrogens (tertiary/aromatic N) is 3. The van der Waals surface area contributed by atoms with Crippen LogP contribution < -0.4 is 5.43 Å². The van der Waals surface area contributed by atoms with Crippen molar-refractivity contribution < 1.29 is 18.1 Å². The van der Waals surface area contributed by atoms with E-state index in [2.05, 4.69) is 15.5 Å². The smallest absolute Gasteiger partial charge is 0.272 e. The molecule has 0 fully saturated rings. The second-order valence-corrected chi connectivity index (χ2v) is 4.56. The van der Waals surface area contributed by atoms with Crippen LogP contribution in [0.25, 0.3) is 0 Å². The predicted octanol–water partition coefficient (Wildman–Crippen LogP) is 3.76. The third kappa shape index (κ3) is 4.25. The highest BCUT2D eigenvalue weighted by molar-refractivity contribution is 5.78. The van der Waals surface area contributed by atoms with Gasteiger partial charge in [0.1, 0.15) is 5.69 Å². The number of hydrogen-bond acceptors (Lipinski definition) is 5. The Balaban J connectivity index is 2.24. The van der Waals surface area contributed by atoms with Crippen molar-refractivity contribution in [1.82, 2.24) is 4.98 Å². The highest BCUT2D eigenvalue weighted by Crippen LogP contribution is 2.34. The number of hydrogen-bond donors (Lipinski definition) is 1. The zero-order chi connectivity index (χ0) is 17.0. The summed E-state index contributed by atoms with van der Waals surface area (Å²) in [5.41, 5.74) is 1.67. The van der Waals surface area contributed by atoms with E-state index in [1.165, 1.54) is 6.21 Å². The summed E-state index contributed by atoms with van der Waals surface area (Å²) in [7, 11) is 0. The Kier molecular flexibility index (Phi) is 4.58. The van der Waals surface area contributed by atoms with Crippen molar-refractivity contribution in [2.45, 2.75) is 13.1 Å². The van der Waals surface area contributed by atoms with Gasteiger partial charge in [-0.15, -0.1) is 0 Å². The highest BCUT2D eigenvalue weighted by atomic mass is 19.4. The second kappa shape index (κ2) is 6.42. The van der Waals surface area contributed by atoms with Crippen molar-refractivity contribution in [3.63, 3.8) is 0 Å². The number of nitrogens with one attached hydrogen (secondary N) is 1. The summed E-state index contributed by atoms with van der Waals surface area (Å²) in [5, 5.41) is 14.7. The fourth-order valence-electron chi connectivity index (χ4n) is 1.76. The monoisotopic (exact) mass is 324 g/mol. The molecule has 0 radical (unpaired) electrons. The maximum atomic E-state index is 12.6. The van der Waals surface area contributed by atoms with Gasteiger partial charge in [0.15, 0.2) is 0 Å². The fourth-order valence-corrected chi connectivity index (χ4v) is 1.76. The van der Waals surface area contributed by atoms with Crippen LogP contribution in [0.5, 0.6) is 0 Å². The molecule has 120 valence electrons. The van der Waals surface area contributed by atoms with Gasteiger partial charge in [0, 0.05) is 11.8 Å². The van der Waals surface area contributed by atoms with E-state index in [0.29, 0.717) is 11.8 Å². The van der Waals surface area contributed by atoms with Gasteiger partial charge < -0.3 is 0 Å². The lowest BCUT2D eigenvalue weighted by atomic mass is 10.1. The molecule has 1 heterocycles. The molecule has 9 heteroatoms. The highest BCUT2D eigenvalue weighted by Gasteiger charge is 2.33. The van der Waals surface area contributed by atoms with Crippen molar-refractivity contribution >= 4 is 17.6 Å². The fraction of sp³-hybridized carbons (Fsp3) is 0.143. The topological polar surface area (TPSA) is 80.4 Å². The van der Waals surface area contributed by atoms with Crippen molar-refractivity contribution in [3.05, 3.63) is 63.5 Å². The molecule has 1 aromatic carbocycles. The Morgan fingerprint density at radius 1 is 1.30 bits per heavy atom. The van der Waals surface area contributed by atoms with E-state index in [9.17, 15) is 23.3 Å². The molecule has 0 aliphatic carbocycles. The number of nitro benzene ring substituents is 1. The summed E-state index contributed by atoms with van der Waals surface area (Å²) in [6, 6.07) is 7.37. The van der Waals surface area contributed by atoms with Crippen LogP contribution in [-0.2, 0) is 6.18 Å². The van der Waals surface area contributed by atoms with Gasteiger partial charge in [-0.2, -0.15) is 18.3 Å². The lowest BCUT2D eigenvalue weighted by Crippen LogP contribution is -2.06. The molecular formula is C14H11F3N4O2. The minimum Gasteiger partial charge on any atom is -0.272 e. The first-order chi connectivity index (χ1) is 10.8. The minimum absolute atomic E-state index is 0.146. The average molecular weight is 324 g/mol. The van der Waals surface area contributed by atoms with E-state index in [-0.39, 0.29) is 5.69 Å². The Labute approximate surface area is 128 Å². The van der Waals surface area contributed by atoms with Crippen molar-refractivity contribution in [3.8, 4) is 0 Å². The molecule has 0 bridgehead atoms. The van der Waals surface area contributed by atoms with Crippen molar-refractivity contribution in [2.75, 3.05) is 5.43 Å². The average Bonchev–Trinajstić information content (AvgIpc) is 2.46. The summed E-state index contributed by atoms with van der Waals surface area (Å²) in [4.78, 5) is 14.1. The maximum Gasteiger partial charge on any atom is 0.416 e. The van der Waals surface area contributed by atoms with Gasteiger partial charge in [-0.25, -0.2) is 0 Å². The number of rotatable bonds is 4. The number of alkyl halides is 3. The van der Waals surface area contributed by atoms with Crippen molar-refractivity contribution in [2.24, 2.45) is 5.10 Å². The number of benzene rings is 1. The van der Waals surface area contributed by atoms with Gasteiger partial charge >= 0.3 is 6.18 Å². The number of aryl methyl sites for hydroxylation is 1. The number of halogens is 3. The Bertz CT molecular complexity index is 760. The molecule has 0 atom stereocenters. The summed E-state index contributed by atoms with van der Waals surface area (Å²) in [6.45, 7) is 1.78. The molecule has 0 aliphatic heterocycles. The number of nitro groups is 1. The maximum absolute atomic E-state index is 12.6. The predicted molar refractivity (Wildman–Crippen MR) is 78.3 cm³/mol. The van der Waals surface area contributed by atoms with E-state index in [4.69, 9.17) is 0 Å². The van der Waals surface area contributed by atoms with Crippen LogP contribution in [0.2, 0.25) is 0 Å². The van der Waals surface area contributed by atoms with Gasteiger partial charge in [-0.05, 0) is 31.2 Å². The van der Waals surface area contributed by atoms with E-state index < -0.39 is 22.4 Å². The summed E-state index contributed by atoms with van der Waals surface area (Å²) in [6.07, 6.45) is -3.34. The molecule has 0 aliphatic rings. The lowest BCUT2D eigenvalue weighted by Gasteiger charge is -2.08.